The van der Waals surface area contributed by atoms with Gasteiger partial charge in [0, 0.05) is 63.0 Å². The molecule has 8 aromatic carbocycles. The highest BCUT2D eigenvalue weighted by Gasteiger charge is 2.19. The molecule has 1 aromatic heterocycles. The third kappa shape index (κ3) is 4.59. The summed E-state index contributed by atoms with van der Waals surface area (Å²) < 4.78 is 2.34. The van der Waals surface area contributed by atoms with E-state index >= 15 is 0 Å². The molecule has 0 bridgehead atoms. The monoisotopic (exact) mass is 615 g/mol. The third-order valence-electron chi connectivity index (χ3n) is 9.51. The van der Waals surface area contributed by atoms with Gasteiger partial charge < -0.3 is 14.4 Å². The highest BCUT2D eigenvalue weighted by molar-refractivity contribution is 6.28. The van der Waals surface area contributed by atoms with Gasteiger partial charge in [0.05, 0.1) is 0 Å². The van der Waals surface area contributed by atoms with E-state index in [4.69, 9.17) is 0 Å². The Balaban J connectivity index is 1.33. The molecule has 0 aliphatic rings. The maximum Gasteiger partial charge on any atom is 0.0495 e. The Kier molecular flexibility index (Phi) is 6.69. The molecule has 0 fully saturated rings. The summed E-state index contributed by atoms with van der Waals surface area (Å²) in [5.41, 5.74) is 9.21. The first-order valence-electron chi connectivity index (χ1n) is 16.4. The van der Waals surface area contributed by atoms with Crippen LogP contribution < -0.4 is 9.80 Å². The lowest BCUT2D eigenvalue weighted by Gasteiger charge is -2.26. The number of benzene rings is 8. The van der Waals surface area contributed by atoms with Crippen LogP contribution in [0.15, 0.2) is 182 Å². The highest BCUT2D eigenvalue weighted by Crippen LogP contribution is 2.43. The fourth-order valence-corrected chi connectivity index (χ4v) is 7.30. The summed E-state index contributed by atoms with van der Waals surface area (Å²) in [6.45, 7) is 0. The van der Waals surface area contributed by atoms with Gasteiger partial charge in [-0.2, -0.15) is 0 Å². The van der Waals surface area contributed by atoms with Gasteiger partial charge in [0.15, 0.2) is 0 Å². The molecule has 0 saturated heterocycles. The van der Waals surface area contributed by atoms with Crippen LogP contribution in [0.3, 0.4) is 0 Å². The van der Waals surface area contributed by atoms with Crippen molar-refractivity contribution in [3.8, 4) is 0 Å². The van der Waals surface area contributed by atoms with Gasteiger partial charge in [-0.25, -0.2) is 0 Å². The summed E-state index contributed by atoms with van der Waals surface area (Å²) in [6, 6.07) is 65.4. The van der Waals surface area contributed by atoms with Crippen molar-refractivity contribution in [3.05, 3.63) is 182 Å². The fourth-order valence-electron chi connectivity index (χ4n) is 7.30. The number of aryl methyl sites for hydroxylation is 1. The molecule has 0 aliphatic carbocycles. The molecule has 0 radical (unpaired) electrons. The van der Waals surface area contributed by atoms with Crippen LogP contribution >= 0.6 is 0 Å². The van der Waals surface area contributed by atoms with Crippen molar-refractivity contribution in [1.82, 2.24) is 4.57 Å². The first-order chi connectivity index (χ1) is 23.7. The summed E-state index contributed by atoms with van der Waals surface area (Å²) in [6.07, 6.45) is 0. The molecule has 228 valence electrons. The van der Waals surface area contributed by atoms with E-state index in [1.165, 1.54) is 43.4 Å². The molecule has 0 atom stereocenters. The molecule has 9 rings (SSSR count). The van der Waals surface area contributed by atoms with E-state index in [1.54, 1.807) is 0 Å². The Morgan fingerprint density at radius 1 is 0.333 bits per heavy atom. The largest absolute Gasteiger partial charge is 0.344 e. The fraction of sp³-hybridized carbons (Fsp3) is 0.0222. The molecule has 0 aliphatic heterocycles. The number of para-hydroxylation sites is 4. The van der Waals surface area contributed by atoms with E-state index in [0.717, 1.165) is 34.1 Å². The van der Waals surface area contributed by atoms with Gasteiger partial charge in [0.1, 0.15) is 0 Å². The van der Waals surface area contributed by atoms with Crippen molar-refractivity contribution in [2.24, 2.45) is 7.05 Å². The number of rotatable bonds is 6. The normalized spacial score (nSPS) is 11.4. The maximum atomic E-state index is 2.38. The van der Waals surface area contributed by atoms with Crippen LogP contribution in [0.2, 0.25) is 0 Å². The maximum absolute atomic E-state index is 2.38. The van der Waals surface area contributed by atoms with Gasteiger partial charge in [0.25, 0.3) is 0 Å². The molecular weight excluding hydrogens is 583 g/mol. The minimum Gasteiger partial charge on any atom is -0.344 e. The average Bonchev–Trinajstić information content (AvgIpc) is 3.44. The second-order valence-electron chi connectivity index (χ2n) is 12.3. The van der Waals surface area contributed by atoms with Crippen molar-refractivity contribution in [2.45, 2.75) is 0 Å². The Labute approximate surface area is 280 Å². The topological polar surface area (TPSA) is 11.4 Å². The van der Waals surface area contributed by atoms with E-state index < -0.39 is 0 Å². The number of nitrogens with zero attached hydrogens (tertiary/aromatic N) is 3. The minimum absolute atomic E-state index is 1.13. The summed E-state index contributed by atoms with van der Waals surface area (Å²) in [5, 5.41) is 7.51. The summed E-state index contributed by atoms with van der Waals surface area (Å²) >= 11 is 0. The van der Waals surface area contributed by atoms with Gasteiger partial charge in [-0.15, -0.1) is 0 Å². The van der Waals surface area contributed by atoms with Crippen molar-refractivity contribution in [3.63, 3.8) is 0 Å². The summed E-state index contributed by atoms with van der Waals surface area (Å²) in [4.78, 5) is 4.69. The number of fused-ring (bicyclic) bond motifs is 7. The minimum atomic E-state index is 1.13. The molecule has 9 aromatic rings. The SMILES string of the molecule is Cn1c2ccc(N(c3ccccc3)c3ccccc3)cc2c2c3c(ccc4ccc(N(c5ccccc5)c5ccccc5)cc43)ccc21. The Morgan fingerprint density at radius 2 is 0.729 bits per heavy atom. The molecule has 0 unspecified atom stereocenters. The van der Waals surface area contributed by atoms with E-state index in [0.29, 0.717) is 0 Å². The van der Waals surface area contributed by atoms with Crippen molar-refractivity contribution in [2.75, 3.05) is 9.80 Å². The van der Waals surface area contributed by atoms with Gasteiger partial charge in [-0.1, -0.05) is 97.1 Å². The van der Waals surface area contributed by atoms with Crippen LogP contribution in [0, 0.1) is 0 Å². The Hall–Kier alpha value is -6.32. The molecule has 48 heavy (non-hydrogen) atoms. The molecule has 0 spiro atoms. The highest BCUT2D eigenvalue weighted by atomic mass is 15.1. The van der Waals surface area contributed by atoms with Crippen molar-refractivity contribution in [1.29, 1.82) is 0 Å². The summed E-state index contributed by atoms with van der Waals surface area (Å²) in [7, 11) is 2.19. The lowest BCUT2D eigenvalue weighted by molar-refractivity contribution is 1.01. The molecule has 0 amide bonds. The zero-order chi connectivity index (χ0) is 32.0. The zero-order valence-electron chi connectivity index (χ0n) is 26.7. The third-order valence-corrected chi connectivity index (χ3v) is 9.51. The Morgan fingerprint density at radius 3 is 1.25 bits per heavy atom. The number of hydrogen-bond acceptors (Lipinski definition) is 2. The van der Waals surface area contributed by atoms with Crippen LogP contribution in [-0.2, 0) is 7.05 Å². The summed E-state index contributed by atoms with van der Waals surface area (Å²) in [5.74, 6) is 0. The van der Waals surface area contributed by atoms with Crippen molar-refractivity contribution < 1.29 is 0 Å². The number of aromatic nitrogens is 1. The second-order valence-corrected chi connectivity index (χ2v) is 12.3. The van der Waals surface area contributed by atoms with Gasteiger partial charge in [0.2, 0.25) is 0 Å². The van der Waals surface area contributed by atoms with Gasteiger partial charge >= 0.3 is 0 Å². The first kappa shape index (κ1) is 27.9. The smallest absolute Gasteiger partial charge is 0.0495 e. The standard InChI is InChI=1S/C45H33N3/c1-46-42-29-27-39(48(36-18-10-4-11-19-36)37-20-12-5-13-21-37)31-41(42)45-43(46)28-25-33-23-22-32-24-26-38(30-40(32)44(33)45)47(34-14-6-2-7-15-34)35-16-8-3-9-17-35/h2-31H,1H3. The van der Waals surface area contributed by atoms with Crippen LogP contribution in [0.1, 0.15) is 0 Å². The molecule has 1 heterocycles. The molecule has 3 nitrogen and oxygen atoms in total. The predicted molar refractivity (Wildman–Crippen MR) is 205 cm³/mol. The van der Waals surface area contributed by atoms with E-state index in [1.807, 2.05) is 0 Å². The first-order valence-corrected chi connectivity index (χ1v) is 16.4. The second kappa shape index (κ2) is 11.5. The van der Waals surface area contributed by atoms with E-state index in [2.05, 4.69) is 203 Å². The molecular formula is C45H33N3. The molecule has 3 heteroatoms. The zero-order valence-corrected chi connectivity index (χ0v) is 26.7. The van der Waals surface area contributed by atoms with Crippen LogP contribution in [0.4, 0.5) is 34.1 Å². The Bertz CT molecular complexity index is 2480. The van der Waals surface area contributed by atoms with Crippen molar-refractivity contribution >= 4 is 77.5 Å². The average molecular weight is 616 g/mol. The predicted octanol–water partition coefficient (Wildman–Crippen LogP) is 12.6. The number of anilines is 6. The lowest BCUT2D eigenvalue weighted by atomic mass is 9.96. The lowest BCUT2D eigenvalue weighted by Crippen LogP contribution is -2.09. The van der Waals surface area contributed by atoms with E-state index in [9.17, 15) is 0 Å². The number of hydrogen-bond donors (Lipinski definition) is 0. The van der Waals surface area contributed by atoms with Gasteiger partial charge in [-0.05, 0) is 106 Å². The van der Waals surface area contributed by atoms with E-state index in [-0.39, 0.29) is 0 Å². The quantitative estimate of drug-likeness (QED) is 0.172. The van der Waals surface area contributed by atoms with Crippen LogP contribution in [-0.4, -0.2) is 4.57 Å². The molecule has 0 N–H and O–H groups in total. The van der Waals surface area contributed by atoms with Crippen LogP contribution in [0.5, 0.6) is 0 Å². The van der Waals surface area contributed by atoms with Gasteiger partial charge in [-0.3, -0.25) is 0 Å². The van der Waals surface area contributed by atoms with Crippen LogP contribution in [0.25, 0.3) is 43.4 Å². The molecule has 0 saturated carbocycles.